The highest BCUT2D eigenvalue weighted by Gasteiger charge is 2.29. The van der Waals surface area contributed by atoms with Gasteiger partial charge in [-0.15, -0.1) is 0 Å². The number of hydrogen-bond acceptors (Lipinski definition) is 11. The minimum absolute atomic E-state index is 0.0935. The summed E-state index contributed by atoms with van der Waals surface area (Å²) in [6.07, 6.45) is -11.1. The van der Waals surface area contributed by atoms with Crippen molar-refractivity contribution in [3.8, 4) is 0 Å². The summed E-state index contributed by atoms with van der Waals surface area (Å²) in [4.78, 5) is 20.4. The van der Waals surface area contributed by atoms with Gasteiger partial charge in [0.2, 0.25) is 0 Å². The van der Waals surface area contributed by atoms with Crippen LogP contribution in [0.25, 0.3) is 0 Å². The van der Waals surface area contributed by atoms with E-state index in [9.17, 15) is 9.59 Å². The van der Waals surface area contributed by atoms with Gasteiger partial charge in [-0.2, -0.15) is 0 Å². The normalized spacial score (nSPS) is 20.1. The lowest BCUT2D eigenvalue weighted by molar-refractivity contribution is -0.142. The molecular weight excluding hydrogens is 320 g/mol. The van der Waals surface area contributed by atoms with E-state index in [1.54, 1.807) is 0 Å². The molecule has 0 aromatic heterocycles. The average molecular weight is 344 g/mol. The molecule has 0 aliphatic heterocycles. The number of aliphatic hydroxyl groups is 9. The van der Waals surface area contributed by atoms with Crippen molar-refractivity contribution in [2.45, 2.75) is 49.7 Å². The van der Waals surface area contributed by atoms with Crippen LogP contribution in [0.4, 0.5) is 0 Å². The van der Waals surface area contributed by atoms with E-state index in [-0.39, 0.29) is 6.29 Å². The molecule has 0 saturated carbocycles. The molecule has 0 aromatic rings. The Morgan fingerprint density at radius 3 is 1.70 bits per heavy atom. The Kier molecular flexibility index (Phi) is 13.1. The maximum atomic E-state index is 10.5. The second kappa shape index (κ2) is 12.4. The fraction of sp³-hybridized carbons (Fsp3) is 0.833. The molecule has 0 bridgehead atoms. The van der Waals surface area contributed by atoms with Crippen molar-refractivity contribution in [1.29, 1.82) is 0 Å². The van der Waals surface area contributed by atoms with Crippen molar-refractivity contribution < 1.29 is 55.5 Å². The third kappa shape index (κ3) is 9.00. The van der Waals surface area contributed by atoms with Gasteiger partial charge in [0.15, 0.2) is 12.1 Å². The van der Waals surface area contributed by atoms with Crippen LogP contribution < -0.4 is 0 Å². The highest BCUT2D eigenvalue weighted by Crippen LogP contribution is 2.02. The molecule has 0 aromatic carbocycles. The van der Waals surface area contributed by atoms with Gasteiger partial charge in [0.25, 0.3) is 0 Å². The first kappa shape index (κ1) is 24.2. The zero-order valence-corrected chi connectivity index (χ0v) is 12.4. The molecule has 0 fully saturated rings. The molecule has 9 N–H and O–H groups in total. The average Bonchev–Trinajstić information content (AvgIpc) is 2.56. The molecule has 0 rings (SSSR count). The van der Waals surface area contributed by atoms with Gasteiger partial charge < -0.3 is 50.8 Å². The summed E-state index contributed by atoms with van der Waals surface area (Å²) < 4.78 is 0. The Bertz CT molecular complexity index is 335. The van der Waals surface area contributed by atoms with E-state index < -0.39 is 61.7 Å². The molecule has 7 atom stereocenters. The van der Waals surface area contributed by atoms with Crippen LogP contribution in [0.3, 0.4) is 0 Å². The monoisotopic (exact) mass is 344 g/mol. The second-order valence-corrected chi connectivity index (χ2v) is 4.66. The molecule has 0 unspecified atom stereocenters. The Labute approximate surface area is 131 Å². The molecule has 0 radical (unpaired) electrons. The molecule has 11 nitrogen and oxygen atoms in total. The van der Waals surface area contributed by atoms with Crippen molar-refractivity contribution in [1.82, 2.24) is 0 Å². The van der Waals surface area contributed by atoms with Gasteiger partial charge in [-0.25, -0.2) is 0 Å². The van der Waals surface area contributed by atoms with Gasteiger partial charge >= 0.3 is 0 Å². The standard InChI is InChI=1S/C6H12O6.C6H12O5/c7-1-3(9)5(11)6(12)4(10)2-8;1-3(8)5(10)6(11)4(9)2-7/h3,5-9,11-12H,1-2H2;2-6,8-11H,1H3/t3-,5-,6+;3-,4-,5-,6-/m10/s1. The Hall–Kier alpha value is -1.02. The lowest BCUT2D eigenvalue weighted by Gasteiger charge is -2.21. The fourth-order valence-corrected chi connectivity index (χ4v) is 1.17. The van der Waals surface area contributed by atoms with Crippen LogP contribution in [0.5, 0.6) is 0 Å². The summed E-state index contributed by atoms with van der Waals surface area (Å²) in [5.41, 5.74) is 0. The van der Waals surface area contributed by atoms with Crippen molar-refractivity contribution in [3.63, 3.8) is 0 Å². The van der Waals surface area contributed by atoms with Gasteiger partial charge in [-0.1, -0.05) is 0 Å². The van der Waals surface area contributed by atoms with E-state index in [1.165, 1.54) is 6.92 Å². The summed E-state index contributed by atoms with van der Waals surface area (Å²) in [7, 11) is 0. The summed E-state index contributed by atoms with van der Waals surface area (Å²) >= 11 is 0. The smallest absolute Gasteiger partial charge is 0.189 e. The van der Waals surface area contributed by atoms with Crippen LogP contribution in [0, 0.1) is 0 Å². The molecule has 0 aliphatic carbocycles. The second-order valence-electron chi connectivity index (χ2n) is 4.66. The van der Waals surface area contributed by atoms with Crippen LogP contribution >= 0.6 is 0 Å². The van der Waals surface area contributed by atoms with Gasteiger partial charge in [0.05, 0.1) is 12.7 Å². The van der Waals surface area contributed by atoms with Crippen LogP contribution in [0.2, 0.25) is 0 Å². The molecule has 0 saturated heterocycles. The van der Waals surface area contributed by atoms with Gasteiger partial charge in [0, 0.05) is 0 Å². The van der Waals surface area contributed by atoms with E-state index in [0.29, 0.717) is 0 Å². The minimum Gasteiger partial charge on any atom is -0.394 e. The molecule has 138 valence electrons. The van der Waals surface area contributed by atoms with Gasteiger partial charge in [-0.05, 0) is 6.92 Å². The lowest BCUT2D eigenvalue weighted by Crippen LogP contribution is -2.44. The minimum atomic E-state index is -1.86. The third-order valence-electron chi connectivity index (χ3n) is 2.72. The molecule has 0 aliphatic rings. The largest absolute Gasteiger partial charge is 0.394 e. The highest BCUT2D eigenvalue weighted by atomic mass is 16.4. The van der Waals surface area contributed by atoms with E-state index in [2.05, 4.69) is 0 Å². The number of aliphatic hydroxyl groups excluding tert-OH is 9. The van der Waals surface area contributed by atoms with E-state index in [0.717, 1.165) is 0 Å². The first-order valence-electron chi connectivity index (χ1n) is 6.51. The van der Waals surface area contributed by atoms with Crippen LogP contribution in [0.15, 0.2) is 0 Å². The Balaban J connectivity index is 0. The topological polar surface area (TPSA) is 216 Å². The molecule has 0 spiro atoms. The molecular formula is C12H24O11. The Morgan fingerprint density at radius 1 is 0.913 bits per heavy atom. The number of ketones is 1. The number of carbonyl (C=O) groups is 2. The van der Waals surface area contributed by atoms with E-state index in [1.807, 2.05) is 0 Å². The van der Waals surface area contributed by atoms with Crippen molar-refractivity contribution in [2.24, 2.45) is 0 Å². The summed E-state index contributed by atoms with van der Waals surface area (Å²) in [6.45, 7) is -0.446. The SMILES string of the molecule is C[C@H](O)[C@H](O)[C@@H](O)[C@@H](O)C=O.O=C(CO)[C@H](O)[C@H](O)[C@H](O)CO. The third-order valence-corrected chi connectivity index (χ3v) is 2.72. The zero-order valence-electron chi connectivity index (χ0n) is 12.4. The molecule has 23 heavy (non-hydrogen) atoms. The summed E-state index contributed by atoms with van der Waals surface area (Å²) in [5.74, 6) is -1.00. The maximum Gasteiger partial charge on any atom is 0.189 e. The van der Waals surface area contributed by atoms with Gasteiger partial charge in [-0.3, -0.25) is 4.79 Å². The van der Waals surface area contributed by atoms with Crippen LogP contribution in [-0.4, -0.2) is 114 Å². The lowest BCUT2D eigenvalue weighted by atomic mass is 10.1. The molecule has 0 heterocycles. The highest BCUT2D eigenvalue weighted by molar-refractivity contribution is 5.84. The van der Waals surface area contributed by atoms with E-state index in [4.69, 9.17) is 46.0 Å². The van der Waals surface area contributed by atoms with Crippen LogP contribution in [0.1, 0.15) is 6.92 Å². The molecule has 11 heteroatoms. The maximum absolute atomic E-state index is 10.5. The summed E-state index contributed by atoms with van der Waals surface area (Å²) in [5, 5.41) is 78.2. The zero-order chi connectivity index (χ0) is 18.7. The van der Waals surface area contributed by atoms with Crippen molar-refractivity contribution >= 4 is 12.1 Å². The summed E-state index contributed by atoms with van der Waals surface area (Å²) in [6, 6.07) is 0. The molecule has 0 amide bonds. The number of Topliss-reactive ketones (excluding diaryl/α,β-unsaturated/α-hetero) is 1. The number of aldehydes is 1. The van der Waals surface area contributed by atoms with E-state index >= 15 is 0 Å². The van der Waals surface area contributed by atoms with Crippen molar-refractivity contribution in [3.05, 3.63) is 0 Å². The number of hydrogen-bond donors (Lipinski definition) is 9. The predicted molar refractivity (Wildman–Crippen MR) is 73.0 cm³/mol. The number of carbonyl (C=O) groups excluding carboxylic acids is 2. The number of rotatable bonds is 9. The first-order valence-corrected chi connectivity index (χ1v) is 6.51. The Morgan fingerprint density at radius 2 is 1.39 bits per heavy atom. The predicted octanol–water partition coefficient (Wildman–Crippen LogP) is -5.73. The first-order chi connectivity index (χ1) is 10.5. The van der Waals surface area contributed by atoms with Gasteiger partial charge in [0.1, 0.15) is 43.2 Å². The van der Waals surface area contributed by atoms with Crippen LogP contribution in [-0.2, 0) is 9.59 Å². The fourth-order valence-electron chi connectivity index (χ4n) is 1.17. The van der Waals surface area contributed by atoms with Crippen molar-refractivity contribution in [2.75, 3.05) is 13.2 Å². The quantitative estimate of drug-likeness (QED) is 0.179.